The molecule has 1 aromatic rings. The Kier molecular flexibility index (Phi) is 3.95. The second-order valence-corrected chi connectivity index (χ2v) is 3.63. The van der Waals surface area contributed by atoms with Gasteiger partial charge in [-0.25, -0.2) is 0 Å². The zero-order chi connectivity index (χ0) is 11.2. The summed E-state index contributed by atoms with van der Waals surface area (Å²) in [5.41, 5.74) is 7.46. The van der Waals surface area contributed by atoms with E-state index in [9.17, 15) is 0 Å². The van der Waals surface area contributed by atoms with Gasteiger partial charge in [0, 0.05) is 5.56 Å². The average Bonchev–Trinajstić information content (AvgIpc) is 2.26. The Morgan fingerprint density at radius 1 is 1.38 bits per heavy atom. The molecule has 0 aliphatic carbocycles. The molecule has 1 fully saturated rings. The molecule has 1 heterocycles. The molecule has 0 radical (unpaired) electrons. The molecule has 3 heteroatoms. The van der Waals surface area contributed by atoms with Crippen LogP contribution in [0.1, 0.15) is 11.1 Å². The number of ether oxygens (including phenoxy) is 2. The predicted molar refractivity (Wildman–Crippen MR) is 61.8 cm³/mol. The highest BCUT2D eigenvalue weighted by molar-refractivity contribution is 5.41. The van der Waals surface area contributed by atoms with Gasteiger partial charge in [0.2, 0.25) is 0 Å². The zero-order valence-corrected chi connectivity index (χ0v) is 9.11. The van der Waals surface area contributed by atoms with Gasteiger partial charge in [-0.15, -0.1) is 0 Å². The van der Waals surface area contributed by atoms with E-state index in [1.165, 1.54) is 0 Å². The van der Waals surface area contributed by atoms with Gasteiger partial charge in [-0.05, 0) is 11.6 Å². The van der Waals surface area contributed by atoms with Crippen LogP contribution in [0.4, 0.5) is 0 Å². The van der Waals surface area contributed by atoms with Crippen molar-refractivity contribution in [1.29, 1.82) is 0 Å². The second kappa shape index (κ2) is 5.66. The molecule has 0 amide bonds. The SMILES string of the molecule is NCC#Cc1ccccc1COC1COC1. The minimum atomic E-state index is 0.246. The summed E-state index contributed by atoms with van der Waals surface area (Å²) >= 11 is 0. The van der Waals surface area contributed by atoms with Gasteiger partial charge in [0.1, 0.15) is 6.10 Å². The summed E-state index contributed by atoms with van der Waals surface area (Å²) in [5, 5.41) is 0. The van der Waals surface area contributed by atoms with Crippen LogP contribution in [-0.4, -0.2) is 25.9 Å². The fourth-order valence-corrected chi connectivity index (χ4v) is 1.43. The van der Waals surface area contributed by atoms with Gasteiger partial charge in [0.15, 0.2) is 0 Å². The van der Waals surface area contributed by atoms with Crippen LogP contribution < -0.4 is 5.73 Å². The Balaban J connectivity index is 2.00. The lowest BCUT2D eigenvalue weighted by molar-refractivity contribution is -0.135. The summed E-state index contributed by atoms with van der Waals surface area (Å²) in [7, 11) is 0. The molecule has 0 aromatic heterocycles. The van der Waals surface area contributed by atoms with E-state index in [1.54, 1.807) is 0 Å². The molecule has 0 spiro atoms. The van der Waals surface area contributed by atoms with Crippen molar-refractivity contribution in [1.82, 2.24) is 0 Å². The Bertz CT molecular complexity index is 402. The van der Waals surface area contributed by atoms with Crippen molar-refractivity contribution < 1.29 is 9.47 Å². The van der Waals surface area contributed by atoms with Gasteiger partial charge < -0.3 is 15.2 Å². The molecule has 1 saturated heterocycles. The molecule has 1 aliphatic rings. The molecular formula is C13H15NO2. The maximum atomic E-state index is 5.66. The summed E-state index contributed by atoms with van der Waals surface area (Å²) in [4.78, 5) is 0. The van der Waals surface area contributed by atoms with E-state index >= 15 is 0 Å². The molecule has 1 aliphatic heterocycles. The minimum absolute atomic E-state index is 0.246. The van der Waals surface area contributed by atoms with Crippen molar-refractivity contribution in [3.8, 4) is 11.8 Å². The number of hydrogen-bond acceptors (Lipinski definition) is 3. The first kappa shape index (κ1) is 11.2. The molecule has 0 atom stereocenters. The fourth-order valence-electron chi connectivity index (χ4n) is 1.43. The van der Waals surface area contributed by atoms with Crippen molar-refractivity contribution in [3.63, 3.8) is 0 Å². The first-order chi connectivity index (χ1) is 7.90. The molecular weight excluding hydrogens is 202 g/mol. The van der Waals surface area contributed by atoms with E-state index in [2.05, 4.69) is 11.8 Å². The molecule has 2 N–H and O–H groups in total. The molecule has 0 unspecified atom stereocenters. The fraction of sp³-hybridized carbons (Fsp3) is 0.385. The van der Waals surface area contributed by atoms with Crippen LogP contribution >= 0.6 is 0 Å². The normalized spacial score (nSPS) is 15.1. The van der Waals surface area contributed by atoms with E-state index in [-0.39, 0.29) is 6.10 Å². The number of nitrogens with two attached hydrogens (primary N) is 1. The van der Waals surface area contributed by atoms with Crippen LogP contribution in [0.3, 0.4) is 0 Å². The third kappa shape index (κ3) is 2.83. The number of hydrogen-bond donors (Lipinski definition) is 1. The Labute approximate surface area is 95.5 Å². The lowest BCUT2D eigenvalue weighted by Gasteiger charge is -2.26. The first-order valence-electron chi connectivity index (χ1n) is 5.36. The van der Waals surface area contributed by atoms with Crippen LogP contribution in [0.2, 0.25) is 0 Å². The third-order valence-electron chi connectivity index (χ3n) is 2.42. The predicted octanol–water partition coefficient (Wildman–Crippen LogP) is 0.912. The van der Waals surface area contributed by atoms with E-state index < -0.39 is 0 Å². The molecule has 84 valence electrons. The largest absolute Gasteiger partial charge is 0.376 e. The van der Waals surface area contributed by atoms with E-state index in [1.807, 2.05) is 24.3 Å². The number of benzene rings is 1. The zero-order valence-electron chi connectivity index (χ0n) is 9.11. The van der Waals surface area contributed by atoms with Gasteiger partial charge in [-0.1, -0.05) is 30.0 Å². The summed E-state index contributed by atoms with van der Waals surface area (Å²) in [6, 6.07) is 7.97. The van der Waals surface area contributed by atoms with Crippen molar-refractivity contribution in [2.24, 2.45) is 5.73 Å². The van der Waals surface area contributed by atoms with Crippen LogP contribution in [0.15, 0.2) is 24.3 Å². The monoisotopic (exact) mass is 217 g/mol. The maximum Gasteiger partial charge on any atom is 0.105 e. The van der Waals surface area contributed by atoms with E-state index in [0.717, 1.165) is 11.1 Å². The maximum absolute atomic E-state index is 5.66. The molecule has 0 saturated carbocycles. The molecule has 1 aromatic carbocycles. The van der Waals surface area contributed by atoms with Crippen molar-refractivity contribution >= 4 is 0 Å². The van der Waals surface area contributed by atoms with E-state index in [4.69, 9.17) is 15.2 Å². The van der Waals surface area contributed by atoms with Gasteiger partial charge in [0.05, 0.1) is 26.4 Å². The van der Waals surface area contributed by atoms with Crippen molar-refractivity contribution in [2.45, 2.75) is 12.7 Å². The Hall–Kier alpha value is -1.34. The van der Waals surface area contributed by atoms with Gasteiger partial charge in [-0.2, -0.15) is 0 Å². The quantitative estimate of drug-likeness (QED) is 0.765. The first-order valence-corrected chi connectivity index (χ1v) is 5.36. The van der Waals surface area contributed by atoms with Crippen molar-refractivity contribution in [3.05, 3.63) is 35.4 Å². The summed E-state index contributed by atoms with van der Waals surface area (Å²) in [5.74, 6) is 5.90. The Morgan fingerprint density at radius 3 is 2.88 bits per heavy atom. The van der Waals surface area contributed by atoms with Crippen LogP contribution in [-0.2, 0) is 16.1 Å². The smallest absolute Gasteiger partial charge is 0.105 e. The number of rotatable bonds is 3. The highest BCUT2D eigenvalue weighted by Crippen LogP contribution is 2.13. The molecule has 3 nitrogen and oxygen atoms in total. The minimum Gasteiger partial charge on any atom is -0.376 e. The van der Waals surface area contributed by atoms with Crippen LogP contribution in [0, 0.1) is 11.8 Å². The van der Waals surface area contributed by atoms with Crippen LogP contribution in [0.5, 0.6) is 0 Å². The highest BCUT2D eigenvalue weighted by Gasteiger charge is 2.18. The molecule has 16 heavy (non-hydrogen) atoms. The average molecular weight is 217 g/mol. The van der Waals surface area contributed by atoms with E-state index in [0.29, 0.717) is 26.4 Å². The third-order valence-corrected chi connectivity index (χ3v) is 2.42. The molecule has 0 bridgehead atoms. The molecule has 2 rings (SSSR count). The Morgan fingerprint density at radius 2 is 2.19 bits per heavy atom. The topological polar surface area (TPSA) is 44.5 Å². The lowest BCUT2D eigenvalue weighted by atomic mass is 10.1. The van der Waals surface area contributed by atoms with Gasteiger partial charge >= 0.3 is 0 Å². The standard InChI is InChI=1S/C13H15NO2/c14-7-3-6-11-4-1-2-5-12(11)8-16-13-9-15-10-13/h1-2,4-5,13H,7-10,14H2. The summed E-state index contributed by atoms with van der Waals surface area (Å²) in [6.45, 7) is 2.38. The summed E-state index contributed by atoms with van der Waals surface area (Å²) < 4.78 is 10.7. The summed E-state index contributed by atoms with van der Waals surface area (Å²) in [6.07, 6.45) is 0.246. The van der Waals surface area contributed by atoms with Crippen molar-refractivity contribution in [2.75, 3.05) is 19.8 Å². The van der Waals surface area contributed by atoms with Gasteiger partial charge in [-0.3, -0.25) is 0 Å². The highest BCUT2D eigenvalue weighted by atomic mass is 16.6. The van der Waals surface area contributed by atoms with Gasteiger partial charge in [0.25, 0.3) is 0 Å². The lowest BCUT2D eigenvalue weighted by Crippen LogP contribution is -2.35. The van der Waals surface area contributed by atoms with Crippen LogP contribution in [0.25, 0.3) is 0 Å². The second-order valence-electron chi connectivity index (χ2n) is 3.63.